The van der Waals surface area contributed by atoms with E-state index in [4.69, 9.17) is 4.74 Å². The van der Waals surface area contributed by atoms with Gasteiger partial charge in [-0.05, 0) is 42.5 Å². The van der Waals surface area contributed by atoms with Gasteiger partial charge in [-0.1, -0.05) is 6.07 Å². The largest absolute Gasteiger partial charge is 0.497 e. The number of ether oxygens (including phenoxy) is 1. The normalized spacial score (nSPS) is 20.9. The zero-order valence-electron chi connectivity index (χ0n) is 12.0. The summed E-state index contributed by atoms with van der Waals surface area (Å²) in [6.07, 6.45) is 1.97. The maximum absolute atomic E-state index is 11.9. The van der Waals surface area contributed by atoms with Gasteiger partial charge >= 0.3 is 5.97 Å². The van der Waals surface area contributed by atoms with Crippen molar-refractivity contribution in [2.24, 2.45) is 0 Å². The third kappa shape index (κ3) is 2.03. The molecule has 1 N–H and O–H groups in total. The van der Waals surface area contributed by atoms with Crippen LogP contribution in [0.2, 0.25) is 0 Å². The SMILES string of the molecule is COc1ccc2c(c1)C(C(=O)O)(N(C)C(C)=O)CCC2. The van der Waals surface area contributed by atoms with Gasteiger partial charge in [0.15, 0.2) is 5.54 Å². The molecule has 1 aromatic rings. The van der Waals surface area contributed by atoms with E-state index in [-0.39, 0.29) is 5.91 Å². The van der Waals surface area contributed by atoms with Crippen molar-refractivity contribution in [3.63, 3.8) is 0 Å². The Labute approximate surface area is 118 Å². The van der Waals surface area contributed by atoms with Crippen LogP contribution in [0.4, 0.5) is 0 Å². The highest BCUT2D eigenvalue weighted by molar-refractivity contribution is 5.88. The number of nitrogens with zero attached hydrogens (tertiary/aromatic N) is 1. The minimum atomic E-state index is -1.30. The van der Waals surface area contributed by atoms with Crippen molar-refractivity contribution >= 4 is 11.9 Å². The van der Waals surface area contributed by atoms with Crippen molar-refractivity contribution < 1.29 is 19.4 Å². The fourth-order valence-electron chi connectivity index (χ4n) is 2.94. The van der Waals surface area contributed by atoms with Crippen LogP contribution in [-0.2, 0) is 21.5 Å². The van der Waals surface area contributed by atoms with Crippen LogP contribution >= 0.6 is 0 Å². The minimum absolute atomic E-state index is 0.261. The number of fused-ring (bicyclic) bond motifs is 1. The van der Waals surface area contributed by atoms with E-state index in [1.807, 2.05) is 12.1 Å². The molecule has 0 fully saturated rings. The highest BCUT2D eigenvalue weighted by Gasteiger charge is 2.48. The number of rotatable bonds is 3. The molecule has 2 rings (SSSR count). The summed E-state index contributed by atoms with van der Waals surface area (Å²) in [6, 6.07) is 5.45. The Kier molecular flexibility index (Phi) is 3.70. The molecule has 5 heteroatoms. The maximum Gasteiger partial charge on any atom is 0.334 e. The molecule has 0 heterocycles. The first-order chi connectivity index (χ1) is 9.43. The van der Waals surface area contributed by atoms with Gasteiger partial charge in [-0.25, -0.2) is 4.79 Å². The van der Waals surface area contributed by atoms with Gasteiger partial charge in [-0.2, -0.15) is 0 Å². The lowest BCUT2D eigenvalue weighted by Crippen LogP contribution is -2.53. The van der Waals surface area contributed by atoms with E-state index in [0.29, 0.717) is 17.7 Å². The van der Waals surface area contributed by atoms with Crippen molar-refractivity contribution in [2.45, 2.75) is 31.7 Å². The lowest BCUT2D eigenvalue weighted by molar-refractivity contribution is -0.159. The van der Waals surface area contributed by atoms with E-state index in [1.54, 1.807) is 20.2 Å². The van der Waals surface area contributed by atoms with Crippen LogP contribution in [0.15, 0.2) is 18.2 Å². The number of aliphatic carboxylic acids is 1. The molecule has 0 aliphatic heterocycles. The van der Waals surface area contributed by atoms with Crippen molar-refractivity contribution in [1.29, 1.82) is 0 Å². The summed E-state index contributed by atoms with van der Waals surface area (Å²) < 4.78 is 5.20. The van der Waals surface area contributed by atoms with Crippen molar-refractivity contribution in [1.82, 2.24) is 4.90 Å². The van der Waals surface area contributed by atoms with Gasteiger partial charge in [0.25, 0.3) is 0 Å². The minimum Gasteiger partial charge on any atom is -0.497 e. The highest BCUT2D eigenvalue weighted by Crippen LogP contribution is 2.41. The Hall–Kier alpha value is -2.04. The van der Waals surface area contributed by atoms with Crippen LogP contribution in [0.5, 0.6) is 5.75 Å². The molecular weight excluding hydrogens is 258 g/mol. The predicted molar refractivity (Wildman–Crippen MR) is 73.7 cm³/mol. The summed E-state index contributed by atoms with van der Waals surface area (Å²) in [4.78, 5) is 25.0. The van der Waals surface area contributed by atoms with Gasteiger partial charge in [-0.15, -0.1) is 0 Å². The number of hydrogen-bond donors (Lipinski definition) is 1. The molecule has 1 aliphatic carbocycles. The molecule has 1 aromatic carbocycles. The van der Waals surface area contributed by atoms with E-state index in [0.717, 1.165) is 18.4 Å². The van der Waals surface area contributed by atoms with Crippen LogP contribution < -0.4 is 4.74 Å². The second-order valence-electron chi connectivity index (χ2n) is 5.12. The fraction of sp³-hybridized carbons (Fsp3) is 0.467. The maximum atomic E-state index is 11.9. The summed E-state index contributed by atoms with van der Waals surface area (Å²) in [5, 5.41) is 9.78. The molecule has 5 nitrogen and oxygen atoms in total. The summed E-state index contributed by atoms with van der Waals surface area (Å²) in [5.41, 5.74) is 0.328. The molecule has 1 amide bonds. The number of likely N-dealkylation sites (N-methyl/N-ethyl adjacent to an activating group) is 1. The highest BCUT2D eigenvalue weighted by atomic mass is 16.5. The fourth-order valence-corrected chi connectivity index (χ4v) is 2.94. The lowest BCUT2D eigenvalue weighted by Gasteiger charge is -2.42. The average Bonchev–Trinajstić information content (AvgIpc) is 2.44. The van der Waals surface area contributed by atoms with Crippen molar-refractivity contribution in [3.05, 3.63) is 29.3 Å². The van der Waals surface area contributed by atoms with Gasteiger partial charge in [0.05, 0.1) is 7.11 Å². The number of carboxylic acid groups (broad SMARTS) is 1. The zero-order chi connectivity index (χ0) is 14.9. The summed E-state index contributed by atoms with van der Waals surface area (Å²) in [5.74, 6) is -0.652. The topological polar surface area (TPSA) is 66.8 Å². The van der Waals surface area contributed by atoms with Crippen LogP contribution in [0.1, 0.15) is 30.9 Å². The molecular formula is C15H19NO4. The van der Waals surface area contributed by atoms with E-state index in [9.17, 15) is 14.7 Å². The van der Waals surface area contributed by atoms with E-state index < -0.39 is 11.5 Å². The van der Waals surface area contributed by atoms with Crippen molar-refractivity contribution in [2.75, 3.05) is 14.2 Å². The number of carboxylic acids is 1. The number of carbonyl (C=O) groups excluding carboxylic acids is 1. The number of aryl methyl sites for hydroxylation is 1. The Bertz CT molecular complexity index is 555. The molecule has 0 aromatic heterocycles. The van der Waals surface area contributed by atoms with E-state index >= 15 is 0 Å². The lowest BCUT2D eigenvalue weighted by atomic mass is 9.75. The second kappa shape index (κ2) is 5.15. The van der Waals surface area contributed by atoms with Crippen LogP contribution in [0, 0.1) is 0 Å². The van der Waals surface area contributed by atoms with Crippen molar-refractivity contribution in [3.8, 4) is 5.75 Å². The number of amides is 1. The van der Waals surface area contributed by atoms with Crippen LogP contribution in [0.25, 0.3) is 0 Å². The number of methoxy groups -OCH3 is 1. The van der Waals surface area contributed by atoms with Gasteiger partial charge in [0, 0.05) is 14.0 Å². The quantitative estimate of drug-likeness (QED) is 0.914. The Morgan fingerprint density at radius 1 is 1.40 bits per heavy atom. The summed E-state index contributed by atoms with van der Waals surface area (Å²) in [7, 11) is 3.09. The molecule has 1 atom stereocenters. The molecule has 0 saturated heterocycles. The van der Waals surface area contributed by atoms with E-state index in [1.165, 1.54) is 11.8 Å². The first-order valence-corrected chi connectivity index (χ1v) is 6.58. The molecule has 1 aliphatic rings. The molecule has 1 unspecified atom stereocenters. The zero-order valence-corrected chi connectivity index (χ0v) is 12.0. The summed E-state index contributed by atoms with van der Waals surface area (Å²) >= 11 is 0. The van der Waals surface area contributed by atoms with Crippen LogP contribution in [-0.4, -0.2) is 36.0 Å². The standard InChI is InChI=1S/C15H19NO4/c1-10(17)16(2)15(14(18)19)8-4-5-11-6-7-12(20-3)9-13(11)15/h6-7,9H,4-5,8H2,1-3H3,(H,18,19). The number of carbonyl (C=O) groups is 2. The smallest absolute Gasteiger partial charge is 0.334 e. The molecule has 0 radical (unpaired) electrons. The number of hydrogen-bond acceptors (Lipinski definition) is 3. The first-order valence-electron chi connectivity index (χ1n) is 6.58. The molecule has 0 saturated carbocycles. The Morgan fingerprint density at radius 2 is 2.10 bits per heavy atom. The third-order valence-corrected chi connectivity index (χ3v) is 4.15. The Balaban J connectivity index is 2.67. The van der Waals surface area contributed by atoms with Crippen LogP contribution in [0.3, 0.4) is 0 Å². The molecule has 0 bridgehead atoms. The molecule has 0 spiro atoms. The first kappa shape index (κ1) is 14.4. The van der Waals surface area contributed by atoms with Gasteiger partial charge in [0.2, 0.25) is 5.91 Å². The van der Waals surface area contributed by atoms with E-state index in [2.05, 4.69) is 0 Å². The van der Waals surface area contributed by atoms with Gasteiger partial charge in [-0.3, -0.25) is 4.79 Å². The van der Waals surface area contributed by atoms with Gasteiger partial charge in [0.1, 0.15) is 5.75 Å². The summed E-state index contributed by atoms with van der Waals surface area (Å²) in [6.45, 7) is 1.39. The molecule has 108 valence electrons. The third-order valence-electron chi connectivity index (χ3n) is 4.15. The van der Waals surface area contributed by atoms with Gasteiger partial charge < -0.3 is 14.7 Å². The number of benzene rings is 1. The molecule has 20 heavy (non-hydrogen) atoms. The Morgan fingerprint density at radius 3 is 2.65 bits per heavy atom. The monoisotopic (exact) mass is 277 g/mol. The second-order valence-corrected chi connectivity index (χ2v) is 5.12. The predicted octanol–water partition coefficient (Wildman–Crippen LogP) is 1.79. The average molecular weight is 277 g/mol.